The third kappa shape index (κ3) is 7.10. The zero-order chi connectivity index (χ0) is 22.5. The number of anilines is 5. The molecule has 166 valence electrons. The summed E-state index contributed by atoms with van der Waals surface area (Å²) in [7, 11) is -7.73. The molecule has 0 spiro atoms. The summed E-state index contributed by atoms with van der Waals surface area (Å²) in [6.07, 6.45) is 2.39. The molecule has 0 unspecified atom stereocenters. The molecule has 0 bridgehead atoms. The van der Waals surface area contributed by atoms with Gasteiger partial charge in [-0.1, -0.05) is 6.07 Å². The second kappa shape index (κ2) is 9.16. The van der Waals surface area contributed by atoms with Crippen molar-refractivity contribution in [2.24, 2.45) is 0 Å². The van der Waals surface area contributed by atoms with Gasteiger partial charge < -0.3 is 10.6 Å². The number of nitrogens with zero attached hydrogens (tertiary/aromatic N) is 5. The maximum atomic E-state index is 11.3. The monoisotopic (exact) mass is 470 g/mol. The Bertz CT molecular complexity index is 1250. The summed E-state index contributed by atoms with van der Waals surface area (Å²) in [5.74, 6) is 0.368. The Morgan fingerprint density at radius 1 is 0.968 bits per heavy atom. The van der Waals surface area contributed by atoms with Crippen LogP contribution >= 0.6 is 0 Å². The van der Waals surface area contributed by atoms with Gasteiger partial charge in [-0.05, 0) is 18.2 Å². The third-order valence-corrected chi connectivity index (χ3v) is 5.01. The van der Waals surface area contributed by atoms with Gasteiger partial charge in [-0.2, -0.15) is 23.4 Å². The van der Waals surface area contributed by atoms with Crippen molar-refractivity contribution in [3.63, 3.8) is 0 Å². The number of rotatable bonds is 10. The molecule has 6 N–H and O–H groups in total. The van der Waals surface area contributed by atoms with Crippen molar-refractivity contribution in [2.75, 3.05) is 35.3 Å². The van der Waals surface area contributed by atoms with E-state index in [1.54, 1.807) is 6.07 Å². The van der Waals surface area contributed by atoms with E-state index >= 15 is 0 Å². The summed E-state index contributed by atoms with van der Waals surface area (Å²) >= 11 is 0. The summed E-state index contributed by atoms with van der Waals surface area (Å²) in [5, 5.41) is 14.8. The Balaban J connectivity index is 1.82. The molecule has 0 atom stereocenters. The van der Waals surface area contributed by atoms with Crippen LogP contribution in [0.3, 0.4) is 0 Å². The quantitative estimate of drug-likeness (QED) is 0.166. The number of benzene rings is 1. The summed E-state index contributed by atoms with van der Waals surface area (Å²) in [5.41, 5.74) is 0.287. The smallest absolute Gasteiger partial charge is 0.294 e. The van der Waals surface area contributed by atoms with Crippen molar-refractivity contribution < 1.29 is 21.4 Å². The molecule has 15 nitrogen and oxygen atoms in total. The molecule has 31 heavy (non-hydrogen) atoms. The van der Waals surface area contributed by atoms with Crippen molar-refractivity contribution in [2.45, 2.75) is 4.90 Å². The molecule has 3 aromatic rings. The SMILES string of the molecule is CS(=O)(=O)NCCNc1nc(Nc2cccc(S(=O)(=O)O)c2)nc(Nc2nc[nH]n2)n1. The van der Waals surface area contributed by atoms with Crippen molar-refractivity contribution in [3.8, 4) is 0 Å². The van der Waals surface area contributed by atoms with Gasteiger partial charge in [0.05, 0.1) is 11.2 Å². The maximum Gasteiger partial charge on any atom is 0.294 e. The van der Waals surface area contributed by atoms with Gasteiger partial charge >= 0.3 is 0 Å². The Morgan fingerprint density at radius 2 is 1.68 bits per heavy atom. The fraction of sp³-hybridized carbons (Fsp3) is 0.214. The van der Waals surface area contributed by atoms with Crippen molar-refractivity contribution in [1.82, 2.24) is 34.9 Å². The molecule has 2 aromatic heterocycles. The van der Waals surface area contributed by atoms with E-state index < -0.39 is 20.1 Å². The molecule has 0 fully saturated rings. The molecule has 0 aliphatic carbocycles. The Kier molecular flexibility index (Phi) is 6.59. The molecule has 0 aliphatic heterocycles. The van der Waals surface area contributed by atoms with Crippen LogP contribution in [0.5, 0.6) is 0 Å². The average molecular weight is 470 g/mol. The van der Waals surface area contributed by atoms with Gasteiger partial charge in [0, 0.05) is 18.8 Å². The first-order valence-electron chi connectivity index (χ1n) is 8.50. The second-order valence-electron chi connectivity index (χ2n) is 5.98. The Labute approximate surface area is 177 Å². The summed E-state index contributed by atoms with van der Waals surface area (Å²) in [4.78, 5) is 16.1. The highest BCUT2D eigenvalue weighted by molar-refractivity contribution is 7.88. The number of H-pyrrole nitrogens is 1. The number of hydrogen-bond acceptors (Lipinski definition) is 12. The van der Waals surface area contributed by atoms with E-state index in [0.29, 0.717) is 0 Å². The molecule has 1 aromatic carbocycles. The number of nitrogens with one attached hydrogen (secondary N) is 5. The van der Waals surface area contributed by atoms with Gasteiger partial charge in [-0.15, -0.1) is 5.10 Å². The number of aromatic nitrogens is 6. The van der Waals surface area contributed by atoms with Gasteiger partial charge in [0.2, 0.25) is 33.8 Å². The predicted molar refractivity (Wildman–Crippen MR) is 110 cm³/mol. The average Bonchev–Trinajstić information content (AvgIpc) is 3.17. The lowest BCUT2D eigenvalue weighted by Gasteiger charge is -2.11. The number of hydrogen-bond donors (Lipinski definition) is 6. The van der Waals surface area contributed by atoms with E-state index in [0.717, 1.165) is 6.26 Å². The van der Waals surface area contributed by atoms with Gasteiger partial charge in [-0.3, -0.25) is 15.0 Å². The molecule has 0 saturated carbocycles. The van der Waals surface area contributed by atoms with Gasteiger partial charge in [0.15, 0.2) is 0 Å². The van der Waals surface area contributed by atoms with E-state index in [1.807, 2.05) is 0 Å². The van der Waals surface area contributed by atoms with Crippen molar-refractivity contribution >= 4 is 49.6 Å². The summed E-state index contributed by atoms with van der Waals surface area (Å²) in [6, 6.07) is 5.40. The van der Waals surface area contributed by atoms with Gasteiger partial charge in [0.25, 0.3) is 10.1 Å². The molecule has 0 radical (unpaired) electrons. The molecule has 0 aliphatic rings. The fourth-order valence-corrected chi connectivity index (χ4v) is 3.21. The standard InChI is InChI=1S/C14H18N10O5S2/c1-30(25,26)18-6-5-15-11-20-13(23-14(21-11)22-12-16-8-17-24-12)19-9-3-2-4-10(7-9)31(27,28)29/h2-4,7-8,18H,5-6H2,1H3,(H,27,28,29)(H4,15,16,17,19,20,21,22,23,24). The molecule has 0 amide bonds. The first-order chi connectivity index (χ1) is 14.6. The van der Waals surface area contributed by atoms with Crippen LogP contribution in [0.4, 0.5) is 29.5 Å². The third-order valence-electron chi connectivity index (χ3n) is 3.43. The van der Waals surface area contributed by atoms with E-state index in [4.69, 9.17) is 0 Å². The zero-order valence-electron chi connectivity index (χ0n) is 15.9. The van der Waals surface area contributed by atoms with E-state index in [-0.39, 0.29) is 47.5 Å². The van der Waals surface area contributed by atoms with Crippen LogP contribution in [0, 0.1) is 0 Å². The molecule has 0 saturated heterocycles. The molecular formula is C14H18N10O5S2. The van der Waals surface area contributed by atoms with Crippen LogP contribution < -0.4 is 20.7 Å². The molecular weight excluding hydrogens is 452 g/mol. The highest BCUT2D eigenvalue weighted by atomic mass is 32.2. The largest absolute Gasteiger partial charge is 0.353 e. The van der Waals surface area contributed by atoms with Crippen LogP contribution in [0.25, 0.3) is 0 Å². The minimum Gasteiger partial charge on any atom is -0.353 e. The highest BCUT2D eigenvalue weighted by Gasteiger charge is 2.12. The van der Waals surface area contributed by atoms with Crippen LogP contribution in [-0.2, 0) is 20.1 Å². The van der Waals surface area contributed by atoms with Crippen LogP contribution in [-0.4, -0.2) is 70.9 Å². The maximum absolute atomic E-state index is 11.3. The Hall–Kier alpha value is -3.41. The van der Waals surface area contributed by atoms with E-state index in [1.165, 1.54) is 24.5 Å². The first-order valence-corrected chi connectivity index (χ1v) is 11.8. The minimum absolute atomic E-state index is 0.0269. The summed E-state index contributed by atoms with van der Waals surface area (Å²) < 4.78 is 56.5. The predicted octanol–water partition coefficient (Wildman–Crippen LogP) is -0.315. The van der Waals surface area contributed by atoms with Crippen molar-refractivity contribution in [1.29, 1.82) is 0 Å². The van der Waals surface area contributed by atoms with E-state index in [9.17, 15) is 21.4 Å². The van der Waals surface area contributed by atoms with Crippen LogP contribution in [0.15, 0.2) is 35.5 Å². The molecule has 17 heteroatoms. The van der Waals surface area contributed by atoms with Crippen LogP contribution in [0.1, 0.15) is 0 Å². The lowest BCUT2D eigenvalue weighted by Crippen LogP contribution is -2.28. The summed E-state index contributed by atoms with van der Waals surface area (Å²) in [6.45, 7) is 0.266. The highest BCUT2D eigenvalue weighted by Crippen LogP contribution is 2.20. The lowest BCUT2D eigenvalue weighted by atomic mass is 10.3. The van der Waals surface area contributed by atoms with E-state index in [2.05, 4.69) is 50.8 Å². The second-order valence-corrected chi connectivity index (χ2v) is 9.23. The zero-order valence-corrected chi connectivity index (χ0v) is 17.6. The topological polar surface area (TPSA) is 217 Å². The van der Waals surface area contributed by atoms with Crippen LogP contribution in [0.2, 0.25) is 0 Å². The first kappa shape index (κ1) is 22.3. The number of sulfonamides is 1. The fourth-order valence-electron chi connectivity index (χ4n) is 2.21. The van der Waals surface area contributed by atoms with Gasteiger partial charge in [0.1, 0.15) is 6.33 Å². The lowest BCUT2D eigenvalue weighted by molar-refractivity contribution is 0.483. The normalized spacial score (nSPS) is 11.8. The molecule has 3 rings (SSSR count). The number of aromatic amines is 1. The van der Waals surface area contributed by atoms with Crippen molar-refractivity contribution in [3.05, 3.63) is 30.6 Å². The molecule has 2 heterocycles. The van der Waals surface area contributed by atoms with Gasteiger partial charge in [-0.25, -0.2) is 18.1 Å². The Morgan fingerprint density at radius 3 is 2.32 bits per heavy atom. The minimum atomic E-state index is -4.39.